The zero-order valence-electron chi connectivity index (χ0n) is 6.59. The summed E-state index contributed by atoms with van der Waals surface area (Å²) < 4.78 is 5.58. The highest BCUT2D eigenvalue weighted by atomic mass is 16.5. The Labute approximate surface area is 61.2 Å². The van der Waals surface area contributed by atoms with Gasteiger partial charge in [0.2, 0.25) is 0 Å². The number of hydrogen-bond donors (Lipinski definition) is 0. The van der Waals surface area contributed by atoms with Crippen molar-refractivity contribution >= 4 is 5.97 Å². The van der Waals surface area contributed by atoms with Crippen molar-refractivity contribution in [1.82, 2.24) is 0 Å². The lowest BCUT2D eigenvalue weighted by Gasteiger charge is -2.09. The van der Waals surface area contributed by atoms with Gasteiger partial charge in [-0.05, 0) is 0 Å². The summed E-state index contributed by atoms with van der Waals surface area (Å²) in [5.41, 5.74) is 0. The van der Waals surface area contributed by atoms with Crippen molar-refractivity contribution in [2.75, 3.05) is 33.8 Å². The van der Waals surface area contributed by atoms with Gasteiger partial charge in [0, 0.05) is 0 Å². The van der Waals surface area contributed by atoms with Gasteiger partial charge in [-0.3, -0.25) is 4.79 Å². The Balaban J connectivity index is 2.10. The van der Waals surface area contributed by atoms with E-state index >= 15 is 0 Å². The molecule has 0 radical (unpaired) electrons. The van der Waals surface area contributed by atoms with E-state index in [9.17, 15) is 4.79 Å². The monoisotopic (exact) mass is 144 g/mol. The highest BCUT2D eigenvalue weighted by Crippen LogP contribution is 2.16. The fourth-order valence-electron chi connectivity index (χ4n) is 0.858. The number of carbonyl (C=O) groups is 1. The van der Waals surface area contributed by atoms with Crippen molar-refractivity contribution in [2.45, 2.75) is 6.42 Å². The van der Waals surface area contributed by atoms with Crippen LogP contribution in [0.1, 0.15) is 6.42 Å². The predicted octanol–water partition coefficient (Wildman–Crippen LogP) is 0.00970. The maximum Gasteiger partial charge on any atom is 0.311 e. The molecule has 0 N–H and O–H groups in total. The Morgan fingerprint density at radius 3 is 2.60 bits per heavy atom. The van der Waals surface area contributed by atoms with Gasteiger partial charge >= 0.3 is 5.97 Å². The Kier molecular flexibility index (Phi) is 1.94. The topological polar surface area (TPSA) is 26.3 Å². The van der Waals surface area contributed by atoms with Gasteiger partial charge in [0.15, 0.2) is 0 Å². The maximum absolute atomic E-state index is 10.7. The van der Waals surface area contributed by atoms with Gasteiger partial charge in [-0.2, -0.15) is 0 Å². The molecule has 0 unspecified atom stereocenters. The molecule has 0 amide bonds. The van der Waals surface area contributed by atoms with Crippen molar-refractivity contribution in [1.29, 1.82) is 0 Å². The van der Waals surface area contributed by atoms with Crippen molar-refractivity contribution in [2.24, 2.45) is 0 Å². The molecule has 3 nitrogen and oxygen atoms in total. The molecular formula is C7H14NO2+. The number of rotatable bonds is 3. The molecule has 1 fully saturated rings. The van der Waals surface area contributed by atoms with Crippen LogP contribution >= 0.6 is 0 Å². The van der Waals surface area contributed by atoms with Crippen LogP contribution in [0.15, 0.2) is 0 Å². The summed E-state index contributed by atoms with van der Waals surface area (Å²) in [6, 6.07) is 0. The van der Waals surface area contributed by atoms with Crippen LogP contribution in [0.3, 0.4) is 0 Å². The zero-order chi connectivity index (χ0) is 7.61. The smallest absolute Gasteiger partial charge is 0.311 e. The first kappa shape index (κ1) is 7.54. The van der Waals surface area contributed by atoms with Crippen LogP contribution in [-0.4, -0.2) is 44.2 Å². The molecule has 0 saturated carbocycles. The number of quaternary nitrogens is 1. The summed E-state index contributed by atoms with van der Waals surface area (Å²) in [6.07, 6.45) is 0.562. The van der Waals surface area contributed by atoms with Gasteiger partial charge in [0.05, 0.1) is 27.1 Å². The van der Waals surface area contributed by atoms with E-state index in [1.165, 1.54) is 20.2 Å². The summed E-state index contributed by atoms with van der Waals surface area (Å²) in [5, 5.41) is 0. The van der Waals surface area contributed by atoms with Gasteiger partial charge < -0.3 is 9.22 Å². The molecule has 0 aromatic heterocycles. The van der Waals surface area contributed by atoms with Crippen molar-refractivity contribution < 1.29 is 14.0 Å². The van der Waals surface area contributed by atoms with Crippen LogP contribution in [0, 0.1) is 0 Å². The molecule has 1 heterocycles. The molecule has 3 heteroatoms. The molecule has 1 aliphatic rings. The lowest BCUT2D eigenvalue weighted by molar-refractivity contribution is -0.776. The largest absolute Gasteiger partial charge is 0.469 e. The first-order valence-electron chi connectivity index (χ1n) is 3.57. The molecule has 0 aromatic carbocycles. The second-order valence-electron chi connectivity index (χ2n) is 3.12. The van der Waals surface area contributed by atoms with E-state index in [1.807, 2.05) is 0 Å². The first-order chi connectivity index (χ1) is 4.66. The zero-order valence-corrected chi connectivity index (χ0v) is 6.59. The SMILES string of the molecule is COC(=O)CC[N+]1(C)CC1. The van der Waals surface area contributed by atoms with E-state index < -0.39 is 0 Å². The van der Waals surface area contributed by atoms with Crippen molar-refractivity contribution in [3.63, 3.8) is 0 Å². The molecule has 1 rings (SSSR count). The molecule has 0 spiro atoms. The summed E-state index contributed by atoms with van der Waals surface area (Å²) >= 11 is 0. The van der Waals surface area contributed by atoms with Crippen molar-refractivity contribution in [3.8, 4) is 0 Å². The summed E-state index contributed by atoms with van der Waals surface area (Å²) in [4.78, 5) is 10.7. The highest BCUT2D eigenvalue weighted by Gasteiger charge is 2.36. The van der Waals surface area contributed by atoms with E-state index in [0.29, 0.717) is 6.42 Å². The summed E-state index contributed by atoms with van der Waals surface area (Å²) in [6.45, 7) is 3.38. The van der Waals surface area contributed by atoms with Gasteiger partial charge in [-0.15, -0.1) is 0 Å². The molecule has 1 saturated heterocycles. The number of carbonyl (C=O) groups excluding carboxylic acids is 1. The second kappa shape index (κ2) is 2.58. The third-order valence-electron chi connectivity index (χ3n) is 2.07. The van der Waals surface area contributed by atoms with Gasteiger partial charge in [-0.25, -0.2) is 0 Å². The Morgan fingerprint density at radius 1 is 1.60 bits per heavy atom. The molecule has 0 bridgehead atoms. The Morgan fingerprint density at radius 2 is 2.20 bits per heavy atom. The van der Waals surface area contributed by atoms with Crippen LogP contribution in [0.25, 0.3) is 0 Å². The van der Waals surface area contributed by atoms with E-state index in [1.54, 1.807) is 0 Å². The lowest BCUT2D eigenvalue weighted by atomic mass is 10.4. The Hall–Kier alpha value is -0.570. The van der Waals surface area contributed by atoms with Crippen LogP contribution in [0.5, 0.6) is 0 Å². The average molecular weight is 144 g/mol. The number of nitrogens with zero attached hydrogens (tertiary/aromatic N) is 1. The highest BCUT2D eigenvalue weighted by molar-refractivity contribution is 5.69. The van der Waals surface area contributed by atoms with Gasteiger partial charge in [0.1, 0.15) is 13.1 Å². The van der Waals surface area contributed by atoms with E-state index in [2.05, 4.69) is 11.8 Å². The standard InChI is InChI=1S/C7H14NO2/c1-8(5-6-8)4-3-7(9)10-2/h3-6H2,1-2H3/q+1. The van der Waals surface area contributed by atoms with E-state index in [0.717, 1.165) is 11.0 Å². The molecule has 10 heavy (non-hydrogen) atoms. The molecule has 0 aliphatic carbocycles. The van der Waals surface area contributed by atoms with E-state index in [4.69, 9.17) is 0 Å². The summed E-state index contributed by atoms with van der Waals surface area (Å²) in [7, 11) is 3.59. The quantitative estimate of drug-likeness (QED) is 0.317. The maximum atomic E-state index is 10.7. The molecule has 0 aromatic rings. The van der Waals surface area contributed by atoms with Crippen LogP contribution in [-0.2, 0) is 9.53 Å². The number of esters is 1. The summed E-state index contributed by atoms with van der Waals surface area (Å²) in [5.74, 6) is -0.0914. The number of hydrogen-bond acceptors (Lipinski definition) is 2. The third-order valence-corrected chi connectivity index (χ3v) is 2.07. The second-order valence-corrected chi connectivity index (χ2v) is 3.12. The van der Waals surface area contributed by atoms with Crippen LogP contribution in [0.4, 0.5) is 0 Å². The molecular weight excluding hydrogens is 130 g/mol. The normalized spacial score (nSPS) is 20.2. The Bertz CT molecular complexity index is 141. The van der Waals surface area contributed by atoms with Gasteiger partial charge in [0.25, 0.3) is 0 Å². The third kappa shape index (κ3) is 1.99. The van der Waals surface area contributed by atoms with Crippen LogP contribution < -0.4 is 0 Å². The predicted molar refractivity (Wildman–Crippen MR) is 37.4 cm³/mol. The lowest BCUT2D eigenvalue weighted by Crippen LogP contribution is -2.23. The fraction of sp³-hybridized carbons (Fsp3) is 0.857. The molecule has 0 atom stereocenters. The van der Waals surface area contributed by atoms with Gasteiger partial charge in [-0.1, -0.05) is 0 Å². The number of ether oxygens (including phenoxy) is 1. The molecule has 58 valence electrons. The fourth-order valence-corrected chi connectivity index (χ4v) is 0.858. The number of likely N-dealkylation sites (N-methyl/N-ethyl adjacent to an activating group) is 1. The van der Waals surface area contributed by atoms with Crippen molar-refractivity contribution in [3.05, 3.63) is 0 Å². The minimum absolute atomic E-state index is 0.0914. The molecule has 1 aliphatic heterocycles. The average Bonchev–Trinajstić information content (AvgIpc) is 2.64. The minimum atomic E-state index is -0.0914. The van der Waals surface area contributed by atoms with Crippen LogP contribution in [0.2, 0.25) is 0 Å². The van der Waals surface area contributed by atoms with E-state index in [-0.39, 0.29) is 5.97 Å². The number of methoxy groups -OCH3 is 1. The first-order valence-corrected chi connectivity index (χ1v) is 3.57. The minimum Gasteiger partial charge on any atom is -0.469 e.